The largest absolute Gasteiger partial charge is 0.545 e. The SMILES string of the molecule is CC.CN=P.COCCN1CCCC1=O.COc1ccc(C(=O)[O-])cc1. The molecule has 0 spiro atoms. The minimum Gasteiger partial charge on any atom is -0.545 e. The molecule has 26 heavy (non-hydrogen) atoms. The van der Waals surface area contributed by atoms with Crippen LogP contribution in [0.1, 0.15) is 37.0 Å². The van der Waals surface area contributed by atoms with Crippen molar-refractivity contribution in [3.63, 3.8) is 0 Å². The summed E-state index contributed by atoms with van der Waals surface area (Å²) in [4.78, 5) is 23.0. The molecule has 0 unspecified atom stereocenters. The molecule has 148 valence electrons. The minimum absolute atomic E-state index is 0.158. The maximum absolute atomic E-state index is 11.0. The highest BCUT2D eigenvalue weighted by Gasteiger charge is 2.18. The summed E-state index contributed by atoms with van der Waals surface area (Å²) in [5.74, 6) is -0.264. The number of hydrogen-bond donors (Lipinski definition) is 0. The van der Waals surface area contributed by atoms with Gasteiger partial charge in [0.2, 0.25) is 5.91 Å². The van der Waals surface area contributed by atoms with E-state index in [0.717, 1.165) is 25.9 Å². The van der Waals surface area contributed by atoms with Crippen LogP contribution in [0.15, 0.2) is 29.0 Å². The maximum Gasteiger partial charge on any atom is 0.222 e. The summed E-state index contributed by atoms with van der Waals surface area (Å²) >= 11 is 0. The molecule has 1 aliphatic heterocycles. The first-order chi connectivity index (χ1) is 12.5. The summed E-state index contributed by atoms with van der Waals surface area (Å²) in [6.45, 7) is 6.34. The Morgan fingerprint density at radius 3 is 2.15 bits per heavy atom. The summed E-state index contributed by atoms with van der Waals surface area (Å²) < 4.78 is 13.0. The number of carboxylic acid groups (broad SMARTS) is 1. The van der Waals surface area contributed by atoms with Crippen LogP contribution in [0, 0.1) is 0 Å². The molecule has 0 saturated carbocycles. The average Bonchev–Trinajstić information content (AvgIpc) is 3.07. The second-order valence-electron chi connectivity index (χ2n) is 4.72. The number of carboxylic acids is 1. The quantitative estimate of drug-likeness (QED) is 0.725. The van der Waals surface area contributed by atoms with Crippen LogP contribution in [0.2, 0.25) is 0 Å². The molecule has 1 aliphatic rings. The van der Waals surface area contributed by atoms with Crippen molar-refractivity contribution in [1.29, 1.82) is 0 Å². The predicted molar refractivity (Wildman–Crippen MR) is 103 cm³/mol. The van der Waals surface area contributed by atoms with Crippen LogP contribution in [0.5, 0.6) is 5.75 Å². The van der Waals surface area contributed by atoms with Crippen molar-refractivity contribution in [3.05, 3.63) is 29.8 Å². The van der Waals surface area contributed by atoms with Crippen LogP contribution < -0.4 is 9.84 Å². The van der Waals surface area contributed by atoms with Gasteiger partial charge in [-0.3, -0.25) is 9.54 Å². The molecule has 0 atom stereocenters. The number of likely N-dealkylation sites (tertiary alicyclic amines) is 1. The molecule has 1 aromatic rings. The monoisotopic (exact) mass is 385 g/mol. The number of ether oxygens (including phenoxy) is 2. The fourth-order valence-corrected chi connectivity index (χ4v) is 1.87. The molecule has 0 N–H and O–H groups in total. The Morgan fingerprint density at radius 1 is 1.27 bits per heavy atom. The zero-order valence-corrected chi connectivity index (χ0v) is 17.3. The molecule has 8 heteroatoms. The lowest BCUT2D eigenvalue weighted by Crippen LogP contribution is -2.28. The first-order valence-electron chi connectivity index (χ1n) is 8.37. The number of benzene rings is 1. The predicted octanol–water partition coefficient (Wildman–Crippen LogP) is 2.28. The Labute approximate surface area is 158 Å². The molecule has 0 bridgehead atoms. The van der Waals surface area contributed by atoms with E-state index in [9.17, 15) is 14.7 Å². The molecule has 1 saturated heterocycles. The number of carbonyl (C=O) groups is 2. The van der Waals surface area contributed by atoms with E-state index in [4.69, 9.17) is 9.47 Å². The van der Waals surface area contributed by atoms with Crippen molar-refractivity contribution in [3.8, 4) is 5.75 Å². The molecule has 2 rings (SSSR count). The highest BCUT2D eigenvalue weighted by atomic mass is 31.0. The van der Waals surface area contributed by atoms with Gasteiger partial charge in [0, 0.05) is 33.7 Å². The molecule has 0 aliphatic carbocycles. The lowest BCUT2D eigenvalue weighted by atomic mass is 10.2. The Balaban J connectivity index is 0. The molecule has 0 radical (unpaired) electrons. The zero-order chi connectivity index (χ0) is 20.4. The molecule has 1 fully saturated rings. The fourth-order valence-electron chi connectivity index (χ4n) is 1.87. The Hall–Kier alpha value is -1.98. The second-order valence-corrected chi connectivity index (χ2v) is 5.16. The molecular weight excluding hydrogens is 355 g/mol. The topological polar surface area (TPSA) is 91.3 Å². The molecule has 0 aromatic heterocycles. The van der Waals surface area contributed by atoms with E-state index in [-0.39, 0.29) is 11.5 Å². The average molecular weight is 385 g/mol. The molecule has 1 aromatic carbocycles. The van der Waals surface area contributed by atoms with E-state index >= 15 is 0 Å². The van der Waals surface area contributed by atoms with Crippen molar-refractivity contribution >= 4 is 20.9 Å². The van der Waals surface area contributed by atoms with Gasteiger partial charge in [0.25, 0.3) is 0 Å². The Bertz CT molecular complexity index is 509. The third kappa shape index (κ3) is 12.4. The van der Waals surface area contributed by atoms with Crippen LogP contribution in [-0.2, 0) is 9.53 Å². The normalized spacial score (nSPS) is 11.7. The summed E-state index contributed by atoms with van der Waals surface area (Å²) in [5.41, 5.74) is 0.158. The maximum atomic E-state index is 11.0. The van der Waals surface area contributed by atoms with Crippen LogP contribution in [0.3, 0.4) is 0 Å². The van der Waals surface area contributed by atoms with Gasteiger partial charge in [-0.2, -0.15) is 0 Å². The zero-order valence-electron chi connectivity index (χ0n) is 16.3. The standard InChI is InChI=1S/C8H8O3.C7H13NO2.C2H6.CH4NP/c1-11-7-4-2-6(3-5-7)8(9)10;1-10-6-5-8-4-2-3-7(8)9;1-2;1-2-3/h2-5H,1H3,(H,9,10);2-6H2,1H3;1-2H3;3H,1H3/p-1. The van der Waals surface area contributed by atoms with E-state index in [1.165, 1.54) is 19.2 Å². The lowest BCUT2D eigenvalue weighted by molar-refractivity contribution is -0.255. The Morgan fingerprint density at radius 2 is 1.81 bits per heavy atom. The van der Waals surface area contributed by atoms with Gasteiger partial charge in [0.05, 0.1) is 19.7 Å². The van der Waals surface area contributed by atoms with Gasteiger partial charge in [-0.05, 0) is 45.3 Å². The number of nitrogens with zero attached hydrogens (tertiary/aromatic N) is 2. The highest BCUT2D eigenvalue weighted by Crippen LogP contribution is 2.10. The van der Waals surface area contributed by atoms with Gasteiger partial charge < -0.3 is 24.3 Å². The smallest absolute Gasteiger partial charge is 0.222 e. The van der Waals surface area contributed by atoms with E-state index in [1.807, 2.05) is 18.7 Å². The van der Waals surface area contributed by atoms with Crippen molar-refractivity contribution in [2.24, 2.45) is 4.74 Å². The second kappa shape index (κ2) is 17.8. The third-order valence-electron chi connectivity index (χ3n) is 3.06. The highest BCUT2D eigenvalue weighted by molar-refractivity contribution is 7.03. The Kier molecular flexibility index (Phi) is 18.0. The molecule has 1 amide bonds. The minimum atomic E-state index is -1.17. The van der Waals surface area contributed by atoms with Crippen LogP contribution in [0.25, 0.3) is 0 Å². The van der Waals surface area contributed by atoms with E-state index in [2.05, 4.69) is 13.8 Å². The number of hydrogen-bond acceptors (Lipinski definition) is 6. The van der Waals surface area contributed by atoms with Gasteiger partial charge in [-0.25, -0.2) is 0 Å². The molecule has 7 nitrogen and oxygen atoms in total. The van der Waals surface area contributed by atoms with Crippen molar-refractivity contribution in [2.75, 3.05) is 41.0 Å². The lowest BCUT2D eigenvalue weighted by Gasteiger charge is -2.13. The van der Waals surface area contributed by atoms with E-state index in [0.29, 0.717) is 12.4 Å². The van der Waals surface area contributed by atoms with Gasteiger partial charge in [0.15, 0.2) is 0 Å². The molecule has 1 heterocycles. The number of methoxy groups -OCH3 is 2. The van der Waals surface area contributed by atoms with Gasteiger partial charge in [-0.15, -0.1) is 0 Å². The number of rotatable bonds is 5. The first-order valence-corrected chi connectivity index (χ1v) is 8.82. The van der Waals surface area contributed by atoms with Crippen LogP contribution in [0.4, 0.5) is 0 Å². The third-order valence-corrected chi connectivity index (χ3v) is 3.06. The first kappa shape index (κ1) is 26.3. The van der Waals surface area contributed by atoms with Crippen LogP contribution >= 0.6 is 9.03 Å². The number of amides is 1. The van der Waals surface area contributed by atoms with Crippen molar-refractivity contribution in [2.45, 2.75) is 26.7 Å². The van der Waals surface area contributed by atoms with Crippen molar-refractivity contribution in [1.82, 2.24) is 4.90 Å². The number of aromatic carboxylic acids is 1. The fraction of sp³-hybridized carbons (Fsp3) is 0.556. The van der Waals surface area contributed by atoms with Gasteiger partial charge in [-0.1, -0.05) is 13.8 Å². The summed E-state index contributed by atoms with van der Waals surface area (Å²) in [6, 6.07) is 6.03. The summed E-state index contributed by atoms with van der Waals surface area (Å²) in [5, 5.41) is 10.2. The van der Waals surface area contributed by atoms with Gasteiger partial charge >= 0.3 is 0 Å². The van der Waals surface area contributed by atoms with Gasteiger partial charge in [0.1, 0.15) is 5.75 Å². The molecular formula is C18H30N2O5P-. The summed E-state index contributed by atoms with van der Waals surface area (Å²) in [6.07, 6.45) is 1.74. The van der Waals surface area contributed by atoms with Crippen molar-refractivity contribution < 1.29 is 24.2 Å². The van der Waals surface area contributed by atoms with E-state index < -0.39 is 5.97 Å². The number of carbonyl (C=O) groups excluding carboxylic acids is 2. The van der Waals surface area contributed by atoms with Crippen LogP contribution in [-0.4, -0.2) is 57.7 Å². The van der Waals surface area contributed by atoms with E-state index in [1.54, 1.807) is 26.3 Å². The summed E-state index contributed by atoms with van der Waals surface area (Å²) in [7, 11) is 7.65.